The van der Waals surface area contributed by atoms with E-state index in [-0.39, 0.29) is 42.6 Å². The van der Waals surface area contributed by atoms with Gasteiger partial charge in [0, 0.05) is 12.3 Å². The van der Waals surface area contributed by atoms with Crippen molar-refractivity contribution in [2.24, 2.45) is 5.92 Å². The molecule has 0 spiro atoms. The van der Waals surface area contributed by atoms with Gasteiger partial charge >= 0.3 is 0 Å². The van der Waals surface area contributed by atoms with E-state index in [1.54, 1.807) is 24.3 Å². The van der Waals surface area contributed by atoms with Crippen LogP contribution in [0.2, 0.25) is 0 Å². The summed E-state index contributed by atoms with van der Waals surface area (Å²) in [6, 6.07) is 9.33. The van der Waals surface area contributed by atoms with E-state index in [2.05, 4.69) is 0 Å². The second-order valence-electron chi connectivity index (χ2n) is 9.59. The quantitative estimate of drug-likeness (QED) is 0.219. The van der Waals surface area contributed by atoms with Gasteiger partial charge in [-0.1, -0.05) is 12.1 Å². The molecule has 38 heavy (non-hydrogen) atoms. The number of phenols is 2. The Morgan fingerprint density at radius 1 is 0.921 bits per heavy atom. The van der Waals surface area contributed by atoms with E-state index in [1.165, 1.54) is 26.4 Å². The minimum atomic E-state index is -1.62. The van der Waals surface area contributed by atoms with E-state index >= 15 is 0 Å². The van der Waals surface area contributed by atoms with Gasteiger partial charge < -0.3 is 59.4 Å². The summed E-state index contributed by atoms with van der Waals surface area (Å²) >= 11 is 0. The van der Waals surface area contributed by atoms with Crippen LogP contribution < -0.4 is 9.47 Å². The molecule has 2 heterocycles. The lowest BCUT2D eigenvalue weighted by Gasteiger charge is -2.40. The lowest BCUT2D eigenvalue weighted by Crippen LogP contribution is -2.59. The largest absolute Gasteiger partial charge is 0.504 e. The molecule has 0 aliphatic carbocycles. The van der Waals surface area contributed by atoms with Crippen LogP contribution in [-0.4, -0.2) is 106 Å². The normalized spacial score (nSPS) is 33.3. The predicted octanol–water partition coefficient (Wildman–Crippen LogP) is -0.407. The molecule has 0 bridgehead atoms. The number of ether oxygens (including phenoxy) is 5. The summed E-state index contributed by atoms with van der Waals surface area (Å²) in [4.78, 5) is 0. The SMILES string of the molecule is COc1cc(C[C@@]2(O)CO[C@H](c3ccc(O)c(OC)c3)[C@H]2CO[C@@H]2O[C@@H](CO)[C@@H](O)[C@H](O)[C@H]2O)ccc1O. The number of aliphatic hydroxyl groups is 5. The maximum Gasteiger partial charge on any atom is 0.186 e. The number of hydrogen-bond donors (Lipinski definition) is 7. The van der Waals surface area contributed by atoms with Gasteiger partial charge in [-0.05, 0) is 35.4 Å². The number of rotatable bonds is 9. The fraction of sp³-hybridized carbons (Fsp3) is 0.538. The molecule has 2 fully saturated rings. The van der Waals surface area contributed by atoms with Crippen molar-refractivity contribution in [1.82, 2.24) is 0 Å². The number of methoxy groups -OCH3 is 2. The molecule has 0 radical (unpaired) electrons. The highest BCUT2D eigenvalue weighted by Crippen LogP contribution is 2.45. The van der Waals surface area contributed by atoms with Crippen LogP contribution in [0.15, 0.2) is 36.4 Å². The summed E-state index contributed by atoms with van der Waals surface area (Å²) in [6.07, 6.45) is -7.99. The topological polar surface area (TPSA) is 188 Å². The highest BCUT2D eigenvalue weighted by molar-refractivity contribution is 5.44. The summed E-state index contributed by atoms with van der Waals surface area (Å²) in [7, 11) is 2.82. The monoisotopic (exact) mass is 538 g/mol. The van der Waals surface area contributed by atoms with Crippen LogP contribution in [0.4, 0.5) is 0 Å². The van der Waals surface area contributed by atoms with E-state index in [9.17, 15) is 35.7 Å². The van der Waals surface area contributed by atoms with Crippen LogP contribution in [-0.2, 0) is 20.6 Å². The van der Waals surface area contributed by atoms with Crippen molar-refractivity contribution in [2.45, 2.75) is 48.8 Å². The Kier molecular flexibility index (Phi) is 8.65. The third kappa shape index (κ3) is 5.53. The summed E-state index contributed by atoms with van der Waals surface area (Å²) in [5, 5.41) is 71.9. The van der Waals surface area contributed by atoms with Crippen molar-refractivity contribution in [3.63, 3.8) is 0 Å². The molecular formula is C26H34O12. The summed E-state index contributed by atoms with van der Waals surface area (Å²) in [5.41, 5.74) is -0.278. The molecule has 12 heteroatoms. The lowest BCUT2D eigenvalue weighted by molar-refractivity contribution is -0.305. The Morgan fingerprint density at radius 2 is 1.58 bits per heavy atom. The number of hydrogen-bond acceptors (Lipinski definition) is 12. The zero-order chi connectivity index (χ0) is 27.6. The number of phenolic OH excluding ortho intramolecular Hbond substituents is 2. The molecule has 2 aromatic rings. The van der Waals surface area contributed by atoms with E-state index in [0.717, 1.165) is 0 Å². The molecule has 12 nitrogen and oxygen atoms in total. The average molecular weight is 539 g/mol. The van der Waals surface area contributed by atoms with Gasteiger partial charge in [0.2, 0.25) is 0 Å². The summed E-state index contributed by atoms with van der Waals surface area (Å²) in [5.74, 6) is -0.446. The molecular weight excluding hydrogens is 504 g/mol. The van der Waals surface area contributed by atoms with E-state index < -0.39 is 54.9 Å². The Bertz CT molecular complexity index is 1090. The van der Waals surface area contributed by atoms with E-state index in [4.69, 9.17) is 23.7 Å². The fourth-order valence-corrected chi connectivity index (χ4v) is 4.95. The number of aliphatic hydroxyl groups excluding tert-OH is 4. The molecule has 0 amide bonds. The molecule has 2 aromatic carbocycles. The third-order valence-electron chi connectivity index (χ3n) is 7.14. The molecule has 0 saturated carbocycles. The average Bonchev–Trinajstić information content (AvgIpc) is 3.23. The molecule has 2 aliphatic rings. The molecule has 8 atom stereocenters. The summed E-state index contributed by atoms with van der Waals surface area (Å²) in [6.45, 7) is -0.936. The first-order valence-corrected chi connectivity index (χ1v) is 12.1. The Labute approximate surface area is 219 Å². The van der Waals surface area contributed by atoms with E-state index in [0.29, 0.717) is 11.1 Å². The van der Waals surface area contributed by atoms with Gasteiger partial charge in [0.1, 0.15) is 24.4 Å². The smallest absolute Gasteiger partial charge is 0.186 e. The van der Waals surface area contributed by atoms with Gasteiger partial charge in [0.05, 0.1) is 45.7 Å². The van der Waals surface area contributed by atoms with Gasteiger partial charge in [-0.15, -0.1) is 0 Å². The van der Waals surface area contributed by atoms with Gasteiger partial charge in [-0.2, -0.15) is 0 Å². The molecule has 0 unspecified atom stereocenters. The minimum Gasteiger partial charge on any atom is -0.504 e. The summed E-state index contributed by atoms with van der Waals surface area (Å²) < 4.78 is 27.7. The Morgan fingerprint density at radius 3 is 2.24 bits per heavy atom. The lowest BCUT2D eigenvalue weighted by atomic mass is 9.80. The van der Waals surface area contributed by atoms with Crippen molar-refractivity contribution in [3.05, 3.63) is 47.5 Å². The zero-order valence-corrected chi connectivity index (χ0v) is 21.0. The predicted molar refractivity (Wildman–Crippen MR) is 130 cm³/mol. The second kappa shape index (κ2) is 11.6. The highest BCUT2D eigenvalue weighted by atomic mass is 16.7. The molecule has 2 saturated heterocycles. The highest BCUT2D eigenvalue weighted by Gasteiger charge is 2.51. The van der Waals surface area contributed by atoms with Gasteiger partial charge in [0.15, 0.2) is 29.3 Å². The van der Waals surface area contributed by atoms with Crippen molar-refractivity contribution >= 4 is 0 Å². The van der Waals surface area contributed by atoms with Gasteiger partial charge in [-0.25, -0.2) is 0 Å². The van der Waals surface area contributed by atoms with Crippen LogP contribution in [0.5, 0.6) is 23.0 Å². The molecule has 4 rings (SSSR count). The molecule has 0 aromatic heterocycles. The van der Waals surface area contributed by atoms with Crippen LogP contribution in [0.3, 0.4) is 0 Å². The molecule has 2 aliphatic heterocycles. The number of aromatic hydroxyl groups is 2. The van der Waals surface area contributed by atoms with Gasteiger partial charge in [0.25, 0.3) is 0 Å². The van der Waals surface area contributed by atoms with Crippen LogP contribution >= 0.6 is 0 Å². The standard InChI is InChI=1S/C26H34O12/c1-34-18-7-13(3-5-16(18)28)9-26(33)12-37-24(14-4-6-17(29)19(8-14)35-2)15(26)11-36-25-23(32)22(31)21(30)20(10-27)38-25/h3-8,15,20-25,27-33H,9-12H2,1-2H3/t15-,20+,21-,22+,23-,24-,25-,26-/m1/s1. The maximum absolute atomic E-state index is 11.8. The third-order valence-corrected chi connectivity index (χ3v) is 7.14. The van der Waals surface area contributed by atoms with E-state index in [1.807, 2.05) is 0 Å². The maximum atomic E-state index is 11.8. The first kappa shape index (κ1) is 28.3. The minimum absolute atomic E-state index is 0.0533. The van der Waals surface area contributed by atoms with Crippen LogP contribution in [0.25, 0.3) is 0 Å². The molecule has 210 valence electrons. The van der Waals surface area contributed by atoms with Crippen molar-refractivity contribution in [3.8, 4) is 23.0 Å². The Hall–Kier alpha value is -2.68. The molecule has 7 N–H and O–H groups in total. The van der Waals surface area contributed by atoms with Crippen LogP contribution in [0.1, 0.15) is 17.2 Å². The van der Waals surface area contributed by atoms with Crippen molar-refractivity contribution in [2.75, 3.05) is 34.0 Å². The first-order chi connectivity index (χ1) is 18.1. The van der Waals surface area contributed by atoms with Crippen molar-refractivity contribution in [1.29, 1.82) is 0 Å². The second-order valence-corrected chi connectivity index (χ2v) is 9.59. The number of benzene rings is 2. The fourth-order valence-electron chi connectivity index (χ4n) is 4.95. The zero-order valence-electron chi connectivity index (χ0n) is 21.0. The van der Waals surface area contributed by atoms with Crippen molar-refractivity contribution < 1.29 is 59.4 Å². The first-order valence-electron chi connectivity index (χ1n) is 12.1. The Balaban J connectivity index is 1.62. The van der Waals surface area contributed by atoms with Gasteiger partial charge in [-0.3, -0.25) is 0 Å². The van der Waals surface area contributed by atoms with Crippen LogP contribution in [0, 0.1) is 5.92 Å².